The van der Waals surface area contributed by atoms with E-state index >= 15 is 0 Å². The summed E-state index contributed by atoms with van der Waals surface area (Å²) in [5.41, 5.74) is 6.95. The summed E-state index contributed by atoms with van der Waals surface area (Å²) < 4.78 is 4.78. The molecule has 32 heavy (non-hydrogen) atoms. The van der Waals surface area contributed by atoms with E-state index in [0.717, 1.165) is 16.5 Å². The zero-order valence-electron chi connectivity index (χ0n) is 17.8. The van der Waals surface area contributed by atoms with Crippen molar-refractivity contribution in [2.45, 2.75) is 31.3 Å². The lowest BCUT2D eigenvalue weighted by Crippen LogP contribution is -2.53. The average molecular weight is 447 g/mol. The van der Waals surface area contributed by atoms with Gasteiger partial charge in [0.05, 0.1) is 7.11 Å². The number of aromatic nitrogens is 1. The number of rotatable bonds is 12. The molecule has 0 bridgehead atoms. The van der Waals surface area contributed by atoms with Crippen molar-refractivity contribution in [1.29, 1.82) is 5.41 Å². The summed E-state index contributed by atoms with van der Waals surface area (Å²) in [6.07, 6.45) is 2.63. The predicted octanol–water partition coefficient (Wildman–Crippen LogP) is -0.993. The van der Waals surface area contributed by atoms with E-state index in [9.17, 15) is 14.4 Å². The number of nitrogens with one attached hydrogen (secondary N) is 5. The first-order valence-corrected chi connectivity index (χ1v) is 9.97. The molecule has 0 saturated heterocycles. The maximum Gasteiger partial charge on any atom is 0.328 e. The maximum absolute atomic E-state index is 13.0. The van der Waals surface area contributed by atoms with Crippen molar-refractivity contribution >= 4 is 34.6 Å². The van der Waals surface area contributed by atoms with E-state index in [2.05, 4.69) is 25.8 Å². The Balaban J connectivity index is 2.14. The summed E-state index contributed by atoms with van der Waals surface area (Å²) in [5.74, 6) is 3.02. The lowest BCUT2D eigenvalue weighted by Gasteiger charge is -2.22. The molecule has 0 saturated carbocycles. The van der Waals surface area contributed by atoms with Crippen LogP contribution in [0.25, 0.3) is 10.9 Å². The fraction of sp³-hybridized carbons (Fsp3) is 0.400. The van der Waals surface area contributed by atoms with E-state index in [1.807, 2.05) is 24.3 Å². The third-order valence-corrected chi connectivity index (χ3v) is 4.75. The van der Waals surface area contributed by atoms with Gasteiger partial charge >= 0.3 is 5.97 Å². The van der Waals surface area contributed by atoms with E-state index in [1.54, 1.807) is 6.20 Å². The fourth-order valence-corrected chi connectivity index (χ4v) is 3.23. The number of hydrogen-bond donors (Lipinski definition) is 7. The molecule has 2 amide bonds. The SMILES string of the molecule is COC(=O)C(CCCNC(=N)N)NC(=O)C(Cc1c[nH]c2ccccc12)NC(=O)CON. The normalized spacial score (nSPS) is 12.6. The van der Waals surface area contributed by atoms with Crippen molar-refractivity contribution in [2.24, 2.45) is 11.6 Å². The van der Waals surface area contributed by atoms with Gasteiger partial charge in [-0.05, 0) is 24.5 Å². The Bertz CT molecular complexity index is 945. The van der Waals surface area contributed by atoms with Crippen molar-refractivity contribution in [3.05, 3.63) is 36.0 Å². The average Bonchev–Trinajstić information content (AvgIpc) is 3.17. The topological polar surface area (TPSA) is 197 Å². The second-order valence-corrected chi connectivity index (χ2v) is 7.06. The molecule has 1 aromatic carbocycles. The summed E-state index contributed by atoms with van der Waals surface area (Å²) in [6, 6.07) is 5.64. The number of hydrogen-bond acceptors (Lipinski definition) is 7. The zero-order valence-corrected chi connectivity index (χ0v) is 17.8. The molecule has 9 N–H and O–H groups in total. The van der Waals surface area contributed by atoms with Crippen molar-refractivity contribution in [2.75, 3.05) is 20.3 Å². The third kappa shape index (κ3) is 7.25. The molecule has 2 unspecified atom stereocenters. The molecule has 1 heterocycles. The molecule has 0 aliphatic heterocycles. The first kappa shape index (κ1) is 24.6. The zero-order chi connectivity index (χ0) is 23.5. The number of esters is 1. The van der Waals surface area contributed by atoms with Crippen LogP contribution in [0.2, 0.25) is 0 Å². The lowest BCUT2D eigenvalue weighted by molar-refractivity contribution is -0.145. The van der Waals surface area contributed by atoms with Gasteiger partial charge in [0, 0.05) is 30.1 Å². The van der Waals surface area contributed by atoms with E-state index in [4.69, 9.17) is 21.8 Å². The molecular weight excluding hydrogens is 418 g/mol. The molecule has 12 heteroatoms. The molecule has 0 fully saturated rings. The highest BCUT2D eigenvalue weighted by molar-refractivity contribution is 5.92. The number of benzene rings is 1. The first-order valence-electron chi connectivity index (χ1n) is 9.97. The van der Waals surface area contributed by atoms with Gasteiger partial charge in [0.15, 0.2) is 5.96 Å². The Morgan fingerprint density at radius 3 is 2.62 bits per heavy atom. The summed E-state index contributed by atoms with van der Waals surface area (Å²) in [4.78, 5) is 44.7. The Hall–Kier alpha value is -3.64. The summed E-state index contributed by atoms with van der Waals surface area (Å²) in [5, 5.41) is 15.9. The van der Waals surface area contributed by atoms with Crippen LogP contribution in [0.1, 0.15) is 18.4 Å². The van der Waals surface area contributed by atoms with Crippen LogP contribution < -0.4 is 27.6 Å². The minimum absolute atomic E-state index is 0.173. The van der Waals surface area contributed by atoms with Crippen LogP contribution in [-0.4, -0.2) is 61.1 Å². The Morgan fingerprint density at radius 1 is 1.19 bits per heavy atom. The van der Waals surface area contributed by atoms with Crippen LogP contribution >= 0.6 is 0 Å². The second-order valence-electron chi connectivity index (χ2n) is 7.06. The number of ether oxygens (including phenoxy) is 1. The number of methoxy groups -OCH3 is 1. The predicted molar refractivity (Wildman–Crippen MR) is 117 cm³/mol. The third-order valence-electron chi connectivity index (χ3n) is 4.75. The number of para-hydroxylation sites is 1. The number of nitrogens with two attached hydrogens (primary N) is 2. The van der Waals surface area contributed by atoms with Crippen LogP contribution in [0.3, 0.4) is 0 Å². The molecule has 2 atom stereocenters. The lowest BCUT2D eigenvalue weighted by atomic mass is 10.0. The van der Waals surface area contributed by atoms with Gasteiger partial charge < -0.3 is 31.4 Å². The molecular formula is C20H29N7O5. The minimum atomic E-state index is -0.987. The van der Waals surface area contributed by atoms with E-state index < -0.39 is 36.5 Å². The van der Waals surface area contributed by atoms with Crippen molar-refractivity contribution < 1.29 is 24.0 Å². The van der Waals surface area contributed by atoms with Crippen LogP contribution in [0.4, 0.5) is 0 Å². The Morgan fingerprint density at radius 2 is 1.94 bits per heavy atom. The molecule has 174 valence electrons. The maximum atomic E-state index is 13.0. The van der Waals surface area contributed by atoms with Gasteiger partial charge in [-0.2, -0.15) is 0 Å². The summed E-state index contributed by atoms with van der Waals surface area (Å²) >= 11 is 0. The van der Waals surface area contributed by atoms with Gasteiger partial charge in [0.1, 0.15) is 18.7 Å². The van der Waals surface area contributed by atoms with Crippen LogP contribution in [0.5, 0.6) is 0 Å². The Kier molecular flexibility index (Phi) is 9.44. The molecule has 0 aliphatic rings. The van der Waals surface area contributed by atoms with Gasteiger partial charge in [0.2, 0.25) is 11.8 Å². The molecule has 1 aromatic heterocycles. The Labute approximate surface area is 184 Å². The molecule has 0 aliphatic carbocycles. The highest BCUT2D eigenvalue weighted by Gasteiger charge is 2.28. The van der Waals surface area contributed by atoms with Gasteiger partial charge in [-0.25, -0.2) is 10.7 Å². The number of guanidine groups is 1. The number of H-pyrrole nitrogens is 1. The minimum Gasteiger partial charge on any atom is -0.467 e. The number of fused-ring (bicyclic) bond motifs is 1. The van der Waals surface area contributed by atoms with Gasteiger partial charge in [0.25, 0.3) is 0 Å². The van der Waals surface area contributed by atoms with E-state index in [1.165, 1.54) is 7.11 Å². The highest BCUT2D eigenvalue weighted by atomic mass is 16.6. The molecule has 0 spiro atoms. The fourth-order valence-electron chi connectivity index (χ4n) is 3.23. The van der Waals surface area contributed by atoms with Gasteiger partial charge in [-0.15, -0.1) is 0 Å². The molecule has 2 aromatic rings. The largest absolute Gasteiger partial charge is 0.467 e. The summed E-state index contributed by atoms with van der Waals surface area (Å²) in [6.45, 7) is -0.0726. The quantitative estimate of drug-likeness (QED) is 0.0707. The number of aromatic amines is 1. The number of carbonyl (C=O) groups excluding carboxylic acids is 3. The molecule has 0 radical (unpaired) electrons. The number of carbonyl (C=O) groups is 3. The highest BCUT2D eigenvalue weighted by Crippen LogP contribution is 2.19. The molecule has 2 rings (SSSR count). The number of amides is 2. The van der Waals surface area contributed by atoms with E-state index in [0.29, 0.717) is 13.0 Å². The van der Waals surface area contributed by atoms with Crippen molar-refractivity contribution in [3.8, 4) is 0 Å². The van der Waals surface area contributed by atoms with Crippen molar-refractivity contribution in [3.63, 3.8) is 0 Å². The van der Waals surface area contributed by atoms with Crippen LogP contribution in [0.15, 0.2) is 30.5 Å². The second kappa shape index (κ2) is 12.3. The first-order chi connectivity index (χ1) is 15.3. The van der Waals surface area contributed by atoms with Gasteiger partial charge in [-0.1, -0.05) is 18.2 Å². The van der Waals surface area contributed by atoms with E-state index in [-0.39, 0.29) is 18.8 Å². The standard InChI is InChI=1S/C20H29N7O5/c1-31-19(30)15(7-4-8-24-20(21)22)27-18(29)16(26-17(28)11-32-23)9-12-10-25-14-6-3-2-5-13(12)14/h2-3,5-6,10,15-16,25H,4,7-9,11,23H2,1H3,(H,26,28)(H,27,29)(H4,21,22,24). The van der Waals surface area contributed by atoms with Crippen LogP contribution in [-0.2, 0) is 30.4 Å². The van der Waals surface area contributed by atoms with Crippen molar-refractivity contribution in [1.82, 2.24) is 20.9 Å². The summed E-state index contributed by atoms with van der Waals surface area (Å²) in [7, 11) is 1.22. The van der Waals surface area contributed by atoms with Crippen LogP contribution in [0, 0.1) is 5.41 Å². The molecule has 12 nitrogen and oxygen atoms in total. The van der Waals surface area contributed by atoms with Gasteiger partial charge in [-0.3, -0.25) is 19.8 Å². The monoisotopic (exact) mass is 447 g/mol. The smallest absolute Gasteiger partial charge is 0.328 e.